The normalized spacial score (nSPS) is 21.7. The maximum atomic E-state index is 12.6. The molecule has 3 N–H and O–H groups in total. The number of rotatable bonds is 7. The van der Waals surface area contributed by atoms with Gasteiger partial charge in [-0.15, -0.1) is 0 Å². The van der Waals surface area contributed by atoms with E-state index in [1.54, 1.807) is 24.3 Å². The van der Waals surface area contributed by atoms with Crippen molar-refractivity contribution in [3.63, 3.8) is 0 Å². The lowest BCUT2D eigenvalue weighted by Gasteiger charge is -2.40. The molecule has 2 aliphatic rings. The van der Waals surface area contributed by atoms with Crippen molar-refractivity contribution in [1.29, 1.82) is 0 Å². The SMILES string of the molecule is C[C@H]1COC[C@H](C)N1c1cc(C2(S(C)(=O)=O)CC2)nc(-c2ccc(NC(=O)NCCO)cc2)n1. The lowest BCUT2D eigenvalue weighted by Crippen LogP contribution is -2.50. The lowest BCUT2D eigenvalue weighted by molar-refractivity contribution is 0.0752. The molecule has 1 aromatic carbocycles. The largest absolute Gasteiger partial charge is 0.395 e. The molecule has 11 heteroatoms. The third-order valence-corrected chi connectivity index (χ3v) is 8.36. The molecule has 1 saturated heterocycles. The smallest absolute Gasteiger partial charge is 0.319 e. The Labute approximate surface area is 199 Å². The molecule has 0 spiro atoms. The minimum Gasteiger partial charge on any atom is -0.395 e. The topological polar surface area (TPSA) is 134 Å². The van der Waals surface area contributed by atoms with E-state index in [0.29, 0.717) is 54.6 Å². The van der Waals surface area contributed by atoms with Crippen LogP contribution in [0.3, 0.4) is 0 Å². The van der Waals surface area contributed by atoms with E-state index in [4.69, 9.17) is 19.8 Å². The molecule has 10 nitrogen and oxygen atoms in total. The first kappa shape index (κ1) is 24.4. The van der Waals surface area contributed by atoms with Gasteiger partial charge in [0.1, 0.15) is 10.6 Å². The summed E-state index contributed by atoms with van der Waals surface area (Å²) in [6.07, 6.45) is 2.35. The summed E-state index contributed by atoms with van der Waals surface area (Å²) in [5.41, 5.74) is 1.80. The van der Waals surface area contributed by atoms with E-state index in [1.807, 2.05) is 6.07 Å². The van der Waals surface area contributed by atoms with Crippen LogP contribution in [0.1, 0.15) is 32.4 Å². The standard InChI is InChI=1S/C23H31N5O5S/c1-15-13-33-14-16(2)28(15)20-12-19(23(8-9-23)34(3,31)32)26-21(27-20)17-4-6-18(7-5-17)25-22(30)24-10-11-29/h4-7,12,15-16,29H,8-11,13-14H2,1-3H3,(H2,24,25,30)/t15-,16-/m0/s1. The van der Waals surface area contributed by atoms with Gasteiger partial charge in [0.2, 0.25) is 0 Å². The highest BCUT2D eigenvalue weighted by Crippen LogP contribution is 2.52. The number of aliphatic hydroxyl groups is 1. The molecule has 2 atom stereocenters. The average molecular weight is 490 g/mol. The maximum absolute atomic E-state index is 12.6. The molecule has 2 aromatic rings. The summed E-state index contributed by atoms with van der Waals surface area (Å²) in [5.74, 6) is 1.12. The van der Waals surface area contributed by atoms with E-state index < -0.39 is 20.6 Å². The van der Waals surface area contributed by atoms with Gasteiger partial charge in [-0.3, -0.25) is 0 Å². The Hall–Kier alpha value is -2.76. The summed E-state index contributed by atoms with van der Waals surface area (Å²) in [5, 5.41) is 14.0. The molecule has 184 valence electrons. The number of anilines is 2. The van der Waals surface area contributed by atoms with Crippen LogP contribution in [0.2, 0.25) is 0 Å². The molecule has 0 bridgehead atoms. The first-order valence-electron chi connectivity index (χ1n) is 11.4. The molecule has 4 rings (SSSR count). The Bertz CT molecular complexity index is 1140. The van der Waals surface area contributed by atoms with Crippen molar-refractivity contribution in [3.05, 3.63) is 36.0 Å². The minimum atomic E-state index is -3.35. The summed E-state index contributed by atoms with van der Waals surface area (Å²) >= 11 is 0. The maximum Gasteiger partial charge on any atom is 0.319 e. The highest BCUT2D eigenvalue weighted by atomic mass is 32.2. The third-order valence-electron chi connectivity index (χ3n) is 6.32. The van der Waals surface area contributed by atoms with Crippen molar-refractivity contribution in [2.75, 3.05) is 42.8 Å². The van der Waals surface area contributed by atoms with Crippen molar-refractivity contribution < 1.29 is 23.1 Å². The number of sulfone groups is 1. The van der Waals surface area contributed by atoms with E-state index in [2.05, 4.69) is 29.4 Å². The van der Waals surface area contributed by atoms with E-state index in [9.17, 15) is 13.2 Å². The Kier molecular flexibility index (Phi) is 6.79. The molecule has 0 radical (unpaired) electrons. The highest BCUT2D eigenvalue weighted by Gasteiger charge is 2.55. The molecule has 1 aromatic heterocycles. The molecule has 0 unspecified atom stereocenters. The van der Waals surface area contributed by atoms with E-state index in [0.717, 1.165) is 0 Å². The number of hydrogen-bond acceptors (Lipinski definition) is 8. The fraction of sp³-hybridized carbons (Fsp3) is 0.522. The predicted molar refractivity (Wildman–Crippen MR) is 130 cm³/mol. The first-order chi connectivity index (χ1) is 16.1. The third kappa shape index (κ3) is 4.86. The monoisotopic (exact) mass is 489 g/mol. The molecule has 2 amide bonds. The van der Waals surface area contributed by atoms with Crippen molar-refractivity contribution in [2.24, 2.45) is 0 Å². The van der Waals surface area contributed by atoms with Gasteiger partial charge in [-0.2, -0.15) is 0 Å². The quantitative estimate of drug-likeness (QED) is 0.537. The number of ether oxygens (including phenoxy) is 1. The molecular formula is C23H31N5O5S. The fourth-order valence-electron chi connectivity index (χ4n) is 4.36. The molecule has 1 saturated carbocycles. The van der Waals surface area contributed by atoms with Gasteiger partial charge in [0, 0.05) is 30.1 Å². The molecule has 2 fully saturated rings. The van der Waals surface area contributed by atoms with Gasteiger partial charge in [0.05, 0.1) is 37.6 Å². The second-order valence-electron chi connectivity index (χ2n) is 9.03. The van der Waals surface area contributed by atoms with Crippen LogP contribution in [-0.4, -0.2) is 74.2 Å². The number of nitrogens with one attached hydrogen (secondary N) is 2. The second kappa shape index (κ2) is 9.47. The summed E-state index contributed by atoms with van der Waals surface area (Å²) in [6.45, 7) is 5.27. The van der Waals surface area contributed by atoms with E-state index in [-0.39, 0.29) is 25.2 Å². The zero-order valence-electron chi connectivity index (χ0n) is 19.6. The summed E-state index contributed by atoms with van der Waals surface area (Å²) < 4.78 is 30.0. The number of morpholine rings is 1. The van der Waals surface area contributed by atoms with Crippen LogP contribution in [0.5, 0.6) is 0 Å². The number of hydrogen-bond donors (Lipinski definition) is 3. The Morgan fingerprint density at radius 3 is 2.38 bits per heavy atom. The lowest BCUT2D eigenvalue weighted by atomic mass is 10.1. The van der Waals surface area contributed by atoms with Crippen LogP contribution in [0.15, 0.2) is 30.3 Å². The van der Waals surface area contributed by atoms with Crippen LogP contribution in [0.25, 0.3) is 11.4 Å². The number of nitrogens with zero attached hydrogens (tertiary/aromatic N) is 3. The van der Waals surface area contributed by atoms with Crippen LogP contribution >= 0.6 is 0 Å². The Balaban J connectivity index is 1.71. The molecule has 34 heavy (non-hydrogen) atoms. The first-order valence-corrected chi connectivity index (χ1v) is 13.2. The van der Waals surface area contributed by atoms with E-state index in [1.165, 1.54) is 6.26 Å². The van der Waals surface area contributed by atoms with Gasteiger partial charge in [-0.1, -0.05) is 0 Å². The zero-order chi connectivity index (χ0) is 24.5. The zero-order valence-corrected chi connectivity index (χ0v) is 20.4. The highest BCUT2D eigenvalue weighted by molar-refractivity contribution is 7.91. The second-order valence-corrected chi connectivity index (χ2v) is 11.4. The molecule has 1 aliphatic carbocycles. The minimum absolute atomic E-state index is 0.0803. The van der Waals surface area contributed by atoms with Gasteiger partial charge in [-0.25, -0.2) is 23.2 Å². The van der Waals surface area contributed by atoms with Crippen molar-refractivity contribution in [2.45, 2.75) is 43.5 Å². The number of carbonyl (C=O) groups is 1. The number of urea groups is 1. The van der Waals surface area contributed by atoms with Crippen LogP contribution in [0, 0.1) is 0 Å². The molecular weight excluding hydrogens is 458 g/mol. The van der Waals surface area contributed by atoms with Crippen LogP contribution < -0.4 is 15.5 Å². The van der Waals surface area contributed by atoms with Gasteiger partial charge >= 0.3 is 6.03 Å². The fourth-order valence-corrected chi connectivity index (χ4v) is 5.69. The molecule has 1 aliphatic heterocycles. The number of carbonyl (C=O) groups excluding carboxylic acids is 1. The predicted octanol–water partition coefficient (Wildman–Crippen LogP) is 1.90. The number of benzene rings is 1. The summed E-state index contributed by atoms with van der Waals surface area (Å²) in [7, 11) is -3.35. The van der Waals surface area contributed by atoms with Crippen LogP contribution in [-0.2, 0) is 19.3 Å². The average Bonchev–Trinajstić information content (AvgIpc) is 3.60. The Morgan fingerprint density at radius 2 is 1.82 bits per heavy atom. The van der Waals surface area contributed by atoms with Crippen LogP contribution in [0.4, 0.5) is 16.3 Å². The number of amides is 2. The van der Waals surface area contributed by atoms with Gasteiger partial charge in [0.25, 0.3) is 0 Å². The van der Waals surface area contributed by atoms with Gasteiger partial charge < -0.3 is 25.4 Å². The summed E-state index contributed by atoms with van der Waals surface area (Å²) in [6, 6.07) is 8.60. The molecule has 2 heterocycles. The van der Waals surface area contributed by atoms with Gasteiger partial charge in [-0.05, 0) is 51.0 Å². The van der Waals surface area contributed by atoms with Gasteiger partial charge in [0.15, 0.2) is 15.7 Å². The van der Waals surface area contributed by atoms with Crippen molar-refractivity contribution in [1.82, 2.24) is 15.3 Å². The number of aromatic nitrogens is 2. The van der Waals surface area contributed by atoms with Crippen molar-refractivity contribution >= 4 is 27.4 Å². The summed E-state index contributed by atoms with van der Waals surface area (Å²) in [4.78, 5) is 23.5. The van der Waals surface area contributed by atoms with Crippen molar-refractivity contribution in [3.8, 4) is 11.4 Å². The number of aliphatic hydroxyl groups excluding tert-OH is 1. The Morgan fingerprint density at radius 1 is 1.18 bits per heavy atom. The van der Waals surface area contributed by atoms with E-state index >= 15 is 0 Å².